The molecule has 4 saturated heterocycles. The summed E-state index contributed by atoms with van der Waals surface area (Å²) in [5, 5.41) is 190. The molecule has 470 valence electrons. The Bertz CT molecular complexity index is 3210. The number of aromatic hydroxyl groups is 5. The van der Waals surface area contributed by atoms with Crippen molar-refractivity contribution in [3.05, 3.63) is 81.9 Å². The monoisotopic (exact) mass is 1220 g/mol. The first kappa shape index (κ1) is 60.4. The third kappa shape index (κ3) is 9.58. The third-order valence-corrected chi connectivity index (χ3v) is 17.4. The van der Waals surface area contributed by atoms with Gasteiger partial charge in [-0.2, -0.15) is 0 Å². The van der Waals surface area contributed by atoms with Gasteiger partial charge in [0.2, 0.25) is 5.79 Å². The Labute approximate surface area is 486 Å². The maximum atomic E-state index is 12.5. The Morgan fingerprint density at radius 2 is 1.01 bits per heavy atom. The molecule has 8 aliphatic rings. The molecule has 86 heavy (non-hydrogen) atoms. The quantitative estimate of drug-likeness (QED) is 0.0617. The van der Waals surface area contributed by atoms with Crippen molar-refractivity contribution in [2.24, 2.45) is 0 Å². The summed E-state index contributed by atoms with van der Waals surface area (Å²) >= 11 is 0. The van der Waals surface area contributed by atoms with Gasteiger partial charge in [0.15, 0.2) is 54.3 Å². The van der Waals surface area contributed by atoms with Crippen LogP contribution in [-0.4, -0.2) is 249 Å². The fourth-order valence-corrected chi connectivity index (χ4v) is 12.8. The molecule has 12 rings (SSSR count). The van der Waals surface area contributed by atoms with E-state index < -0.39 is 183 Å². The van der Waals surface area contributed by atoms with Gasteiger partial charge in [0.05, 0.1) is 57.0 Å². The smallest absolute Gasteiger partial charge is 0.305 e. The highest BCUT2D eigenvalue weighted by Crippen LogP contribution is 2.68. The summed E-state index contributed by atoms with van der Waals surface area (Å²) in [7, 11) is 2.54. The molecule has 25 atom stereocenters. The topological polar surface area (TPSA) is 464 Å². The number of benzene rings is 4. The Hall–Kier alpha value is -5.92. The summed E-state index contributed by atoms with van der Waals surface area (Å²) in [4.78, 5) is 0. The molecule has 0 unspecified atom stereocenters. The predicted molar refractivity (Wildman–Crippen MR) is 277 cm³/mol. The van der Waals surface area contributed by atoms with Gasteiger partial charge in [-0.3, -0.25) is 0 Å². The van der Waals surface area contributed by atoms with Gasteiger partial charge in [-0.25, -0.2) is 0 Å². The lowest BCUT2D eigenvalue weighted by Crippen LogP contribution is -2.64. The lowest BCUT2D eigenvalue weighted by molar-refractivity contribution is -0.361. The van der Waals surface area contributed by atoms with Crippen molar-refractivity contribution >= 4 is 0 Å². The number of hydrogen-bond donors (Lipinski definition) is 17. The zero-order valence-corrected chi connectivity index (χ0v) is 45.9. The summed E-state index contributed by atoms with van der Waals surface area (Å²) in [5.41, 5.74) is 0.194. The first-order valence-corrected chi connectivity index (χ1v) is 27.5. The standard InChI is InChI=1S/C56H66O30/c1-16-37(62)41(66)45(70)51(78-16)76-14-30-39(64)43(68)47(72)53(80-30)82-50-35-32-24(60)9-20(57)10-28(32)83-56(50,19-5-6-22(58)27(8-19)75-4)84-29-12-25(61)33-36-21-11-23(59)26(74-3)7-18(21)13-55(36,85-49(33)34(29)35)86-54-48(73)44(69)40(65)31(81-54)15-77-52-46(71)42(67)38(63)17(2)79-52/h5-12,16-17,30-31,35-48,50-54,57-73H,13-15H2,1-4H3/t16-,17-,30+,31+,35-,36-,37-,38-,39+,40+,41+,42+,43-,44-,45+,46+,47+,48+,50-,51+,52+,53-,54-,55-,56+/m0/s1. The molecule has 2 bridgehead atoms. The Kier molecular flexibility index (Phi) is 15.6. The normalized spacial score (nSPS) is 41.1. The van der Waals surface area contributed by atoms with Gasteiger partial charge in [0.1, 0.15) is 120 Å². The van der Waals surface area contributed by atoms with Crippen LogP contribution in [0.4, 0.5) is 0 Å². The molecule has 4 aromatic rings. The van der Waals surface area contributed by atoms with Crippen LogP contribution in [0.25, 0.3) is 0 Å². The van der Waals surface area contributed by atoms with E-state index in [1.165, 1.54) is 58.4 Å². The second kappa shape index (κ2) is 22.3. The van der Waals surface area contributed by atoms with Crippen molar-refractivity contribution in [1.82, 2.24) is 0 Å². The van der Waals surface area contributed by atoms with Gasteiger partial charge in [0, 0.05) is 41.3 Å². The molecular weight excluding hydrogens is 1150 g/mol. The van der Waals surface area contributed by atoms with E-state index in [0.717, 1.165) is 18.2 Å². The molecule has 7 aliphatic heterocycles. The number of phenolic OH excluding ortho intramolecular Hbond substituents is 5. The number of methoxy groups -OCH3 is 2. The van der Waals surface area contributed by atoms with Crippen molar-refractivity contribution in [3.63, 3.8) is 0 Å². The summed E-state index contributed by atoms with van der Waals surface area (Å²) < 4.78 is 80.1. The van der Waals surface area contributed by atoms with E-state index >= 15 is 0 Å². The number of rotatable bonds is 13. The van der Waals surface area contributed by atoms with Crippen LogP contribution in [0, 0.1) is 0 Å². The minimum Gasteiger partial charge on any atom is -0.508 e. The molecule has 7 heterocycles. The highest BCUT2D eigenvalue weighted by atomic mass is 16.8. The second-order valence-electron chi connectivity index (χ2n) is 22.6. The maximum Gasteiger partial charge on any atom is 0.305 e. The molecule has 4 aromatic carbocycles. The largest absolute Gasteiger partial charge is 0.508 e. The molecule has 0 aromatic heterocycles. The average molecular weight is 1220 g/mol. The van der Waals surface area contributed by atoms with Crippen LogP contribution >= 0.6 is 0 Å². The van der Waals surface area contributed by atoms with Gasteiger partial charge < -0.3 is 148 Å². The fourth-order valence-electron chi connectivity index (χ4n) is 12.8. The van der Waals surface area contributed by atoms with Crippen molar-refractivity contribution in [1.29, 1.82) is 0 Å². The molecule has 1 aliphatic carbocycles. The number of aliphatic hydroxyl groups excluding tert-OH is 12. The first-order valence-electron chi connectivity index (χ1n) is 27.5. The minimum absolute atomic E-state index is 0.00243. The SMILES string of the molecule is COc1cc([C@@]23Oc4cc(O)cc(O)c4[C@@H](c4c(cc(O)c5c4O[C@]4(O[C@@H]6O[C@H](CO[C@@H]7O[C@@H](C)[C@H](O)[C@@H](O)[C@H]7O)[C@@H](O)[C@H](O)[C@H]6O)Cc6cc(OC)c(O)cc6[C@@H]54)O2)[C@@H]3O[C@@H]2O[C@H](CO[C@@H]3O[C@@H](C)[C@H](O)[C@@H](O)[C@H]3O)[C@@H](O)[C@H](O)[C@H]2O)ccc1O. The van der Waals surface area contributed by atoms with E-state index in [-0.39, 0.29) is 74.5 Å². The Morgan fingerprint density at radius 1 is 0.488 bits per heavy atom. The number of fused-ring (bicyclic) bond motifs is 12. The van der Waals surface area contributed by atoms with Crippen LogP contribution in [-0.2, 0) is 50.1 Å². The molecule has 0 saturated carbocycles. The van der Waals surface area contributed by atoms with Gasteiger partial charge in [-0.05, 0) is 55.3 Å². The maximum absolute atomic E-state index is 12.5. The zero-order valence-electron chi connectivity index (χ0n) is 45.9. The van der Waals surface area contributed by atoms with E-state index in [9.17, 15) is 86.8 Å². The number of aliphatic hydroxyl groups is 12. The Balaban J connectivity index is 0.978. The number of phenols is 5. The van der Waals surface area contributed by atoms with E-state index in [2.05, 4.69) is 0 Å². The zero-order chi connectivity index (χ0) is 61.5. The van der Waals surface area contributed by atoms with Crippen molar-refractivity contribution in [2.75, 3.05) is 27.4 Å². The molecule has 0 spiro atoms. The van der Waals surface area contributed by atoms with E-state index in [1.54, 1.807) is 0 Å². The first-order chi connectivity index (χ1) is 40.8. The summed E-state index contributed by atoms with van der Waals surface area (Å²) in [5.74, 6) is -11.2. The van der Waals surface area contributed by atoms with Gasteiger partial charge in [-0.15, -0.1) is 0 Å². The molecule has 4 fully saturated rings. The Morgan fingerprint density at radius 3 is 1.60 bits per heavy atom. The lowest BCUT2D eigenvalue weighted by Gasteiger charge is -2.53. The molecule has 0 radical (unpaired) electrons. The van der Waals surface area contributed by atoms with Crippen LogP contribution < -0.4 is 23.7 Å². The summed E-state index contributed by atoms with van der Waals surface area (Å²) in [6, 6.07) is 9.84. The highest BCUT2D eigenvalue weighted by molar-refractivity contribution is 5.72. The lowest BCUT2D eigenvalue weighted by atomic mass is 9.74. The molecule has 17 N–H and O–H groups in total. The minimum atomic E-state index is -2.48. The molecular formula is C56H66O30. The van der Waals surface area contributed by atoms with Crippen molar-refractivity contribution < 1.29 is 148 Å². The number of ether oxygens (including phenoxy) is 13. The van der Waals surface area contributed by atoms with Gasteiger partial charge in [0.25, 0.3) is 0 Å². The third-order valence-electron chi connectivity index (χ3n) is 17.4. The summed E-state index contributed by atoms with van der Waals surface area (Å²) in [6.45, 7) is 1.40. The summed E-state index contributed by atoms with van der Waals surface area (Å²) in [6.07, 6.45) is -37.0. The van der Waals surface area contributed by atoms with E-state index in [0.29, 0.717) is 5.56 Å². The van der Waals surface area contributed by atoms with Crippen LogP contribution in [0.3, 0.4) is 0 Å². The highest BCUT2D eigenvalue weighted by Gasteiger charge is 2.67. The predicted octanol–water partition coefficient (Wildman–Crippen LogP) is -3.52. The van der Waals surface area contributed by atoms with Crippen molar-refractivity contribution in [3.8, 4) is 57.5 Å². The van der Waals surface area contributed by atoms with Crippen LogP contribution in [0.5, 0.6) is 57.5 Å². The van der Waals surface area contributed by atoms with E-state index in [4.69, 9.17) is 61.6 Å². The van der Waals surface area contributed by atoms with Gasteiger partial charge in [-0.1, -0.05) is 0 Å². The molecule has 30 nitrogen and oxygen atoms in total. The van der Waals surface area contributed by atoms with Crippen molar-refractivity contribution in [2.45, 2.75) is 173 Å². The van der Waals surface area contributed by atoms with E-state index in [1.807, 2.05) is 0 Å². The molecule has 0 amide bonds. The fraction of sp³-hybridized carbons (Fsp3) is 0.571. The van der Waals surface area contributed by atoms with Gasteiger partial charge >= 0.3 is 5.79 Å². The van der Waals surface area contributed by atoms with Crippen LogP contribution in [0.2, 0.25) is 0 Å². The number of hydrogen-bond acceptors (Lipinski definition) is 30. The van der Waals surface area contributed by atoms with Crippen LogP contribution in [0.15, 0.2) is 48.5 Å². The van der Waals surface area contributed by atoms with Crippen LogP contribution in [0.1, 0.15) is 59.1 Å². The molecule has 30 heteroatoms. The average Bonchev–Trinajstić information content (AvgIpc) is 1.41. The second-order valence-corrected chi connectivity index (χ2v) is 22.6.